The van der Waals surface area contributed by atoms with E-state index in [1.165, 1.54) is 0 Å². The van der Waals surface area contributed by atoms with Crippen LogP contribution in [-0.4, -0.2) is 39.8 Å². The first-order valence-corrected chi connectivity index (χ1v) is 6.82. The molecule has 3 aromatic heterocycles. The average molecular weight is 293 g/mol. The van der Waals surface area contributed by atoms with E-state index in [0.29, 0.717) is 19.0 Å². The van der Waals surface area contributed by atoms with Crippen molar-refractivity contribution in [1.29, 1.82) is 0 Å². The van der Waals surface area contributed by atoms with E-state index in [9.17, 15) is 0 Å². The summed E-state index contributed by atoms with van der Waals surface area (Å²) in [6.07, 6.45) is 10.7. The summed E-state index contributed by atoms with van der Waals surface area (Å²) in [5.74, 6) is 3.97. The van der Waals surface area contributed by atoms with Gasteiger partial charge in [-0.25, -0.2) is 14.5 Å². The molecule has 0 atom stereocenters. The Morgan fingerprint density at radius 1 is 1.41 bits per heavy atom. The topological polar surface area (TPSA) is 64.3 Å². The normalized spacial score (nSPS) is 10.5. The average Bonchev–Trinajstić information content (AvgIpc) is 2.98. The molecule has 3 heterocycles. The number of fused-ring (bicyclic) bond motifs is 1. The van der Waals surface area contributed by atoms with Crippen molar-refractivity contribution in [3.63, 3.8) is 0 Å². The van der Waals surface area contributed by atoms with Crippen LogP contribution in [-0.2, 0) is 4.74 Å². The number of aromatic nitrogens is 4. The van der Waals surface area contributed by atoms with E-state index in [4.69, 9.17) is 11.2 Å². The zero-order valence-corrected chi connectivity index (χ0v) is 12.2. The second-order valence-electron chi connectivity index (χ2n) is 4.63. The summed E-state index contributed by atoms with van der Waals surface area (Å²) in [6.45, 7) is 1.30. The first-order valence-electron chi connectivity index (χ1n) is 6.82. The predicted molar refractivity (Wildman–Crippen MR) is 84.5 cm³/mol. The Hall–Kier alpha value is -2.91. The van der Waals surface area contributed by atoms with E-state index in [0.717, 1.165) is 22.5 Å². The van der Waals surface area contributed by atoms with Crippen molar-refractivity contribution in [2.24, 2.45) is 0 Å². The first-order chi connectivity index (χ1) is 10.8. The van der Waals surface area contributed by atoms with Gasteiger partial charge in [0.2, 0.25) is 0 Å². The Kier molecular flexibility index (Phi) is 3.99. The molecule has 22 heavy (non-hydrogen) atoms. The maximum atomic E-state index is 5.46. The summed E-state index contributed by atoms with van der Waals surface area (Å²) >= 11 is 0. The number of nitrogens with one attached hydrogen (secondary N) is 1. The number of nitrogens with zero attached hydrogens (tertiary/aromatic N) is 4. The molecule has 0 saturated carbocycles. The third kappa shape index (κ3) is 2.75. The molecule has 0 unspecified atom stereocenters. The van der Waals surface area contributed by atoms with Gasteiger partial charge >= 0.3 is 0 Å². The highest BCUT2D eigenvalue weighted by Gasteiger charge is 2.10. The molecule has 0 aliphatic carbocycles. The zero-order chi connectivity index (χ0) is 15.4. The van der Waals surface area contributed by atoms with E-state index < -0.39 is 0 Å². The summed E-state index contributed by atoms with van der Waals surface area (Å²) in [4.78, 5) is 8.84. The Morgan fingerprint density at radius 3 is 3.14 bits per heavy atom. The van der Waals surface area contributed by atoms with Gasteiger partial charge in [-0.2, -0.15) is 5.10 Å². The van der Waals surface area contributed by atoms with Crippen molar-refractivity contribution in [2.75, 3.05) is 25.6 Å². The number of anilines is 1. The molecule has 0 spiro atoms. The van der Waals surface area contributed by atoms with E-state index in [1.807, 2.05) is 24.4 Å². The van der Waals surface area contributed by atoms with Crippen LogP contribution in [0.3, 0.4) is 0 Å². The second kappa shape index (κ2) is 6.24. The predicted octanol–water partition coefficient (Wildman–Crippen LogP) is 1.83. The van der Waals surface area contributed by atoms with Crippen LogP contribution in [0.1, 0.15) is 5.56 Å². The quantitative estimate of drug-likeness (QED) is 0.574. The third-order valence-electron chi connectivity index (χ3n) is 3.20. The van der Waals surface area contributed by atoms with E-state index >= 15 is 0 Å². The van der Waals surface area contributed by atoms with Crippen molar-refractivity contribution in [3.8, 4) is 23.7 Å². The van der Waals surface area contributed by atoms with Crippen LogP contribution in [0.25, 0.3) is 16.9 Å². The maximum absolute atomic E-state index is 5.46. The highest BCUT2D eigenvalue weighted by molar-refractivity contribution is 5.77. The van der Waals surface area contributed by atoms with Gasteiger partial charge in [0.05, 0.1) is 23.9 Å². The van der Waals surface area contributed by atoms with Crippen LogP contribution < -0.4 is 5.32 Å². The second-order valence-corrected chi connectivity index (χ2v) is 4.63. The van der Waals surface area contributed by atoms with Crippen molar-refractivity contribution in [1.82, 2.24) is 19.6 Å². The minimum absolute atomic E-state index is 0.603. The lowest BCUT2D eigenvalue weighted by Crippen LogP contribution is -2.09. The molecular formula is C16H15N5O. The fourth-order valence-electron chi connectivity index (χ4n) is 2.11. The molecule has 0 fully saturated rings. The number of hydrogen-bond donors (Lipinski definition) is 1. The summed E-state index contributed by atoms with van der Waals surface area (Å²) in [5, 5.41) is 7.49. The maximum Gasteiger partial charge on any atom is 0.165 e. The minimum atomic E-state index is 0.603. The number of methoxy groups -OCH3 is 1. The van der Waals surface area contributed by atoms with E-state index in [2.05, 4.69) is 26.3 Å². The highest BCUT2D eigenvalue weighted by atomic mass is 16.5. The van der Waals surface area contributed by atoms with Gasteiger partial charge in [-0.05, 0) is 18.2 Å². The van der Waals surface area contributed by atoms with Crippen LogP contribution in [0.15, 0.2) is 36.8 Å². The van der Waals surface area contributed by atoms with Crippen LogP contribution in [0.2, 0.25) is 0 Å². The van der Waals surface area contributed by atoms with Crippen LogP contribution >= 0.6 is 0 Å². The monoisotopic (exact) mass is 293 g/mol. The van der Waals surface area contributed by atoms with Crippen molar-refractivity contribution in [3.05, 3.63) is 42.4 Å². The van der Waals surface area contributed by atoms with Crippen LogP contribution in [0, 0.1) is 12.3 Å². The lowest BCUT2D eigenvalue weighted by Gasteiger charge is -2.05. The summed E-state index contributed by atoms with van der Waals surface area (Å²) in [5.41, 5.74) is 2.51. The summed E-state index contributed by atoms with van der Waals surface area (Å²) < 4.78 is 6.77. The van der Waals surface area contributed by atoms with Crippen molar-refractivity contribution < 1.29 is 4.74 Å². The van der Waals surface area contributed by atoms with Gasteiger partial charge < -0.3 is 10.1 Å². The summed E-state index contributed by atoms with van der Waals surface area (Å²) in [6, 6.07) is 5.56. The number of terminal acetylenes is 1. The van der Waals surface area contributed by atoms with Crippen molar-refractivity contribution >= 4 is 11.3 Å². The number of pyridine rings is 1. The van der Waals surface area contributed by atoms with Gasteiger partial charge in [-0.15, -0.1) is 6.42 Å². The smallest absolute Gasteiger partial charge is 0.165 e. The Balaban J connectivity index is 1.97. The fraction of sp³-hybridized carbons (Fsp3) is 0.188. The molecule has 0 aliphatic rings. The molecule has 0 aromatic carbocycles. The molecule has 6 nitrogen and oxygen atoms in total. The lowest BCUT2D eigenvalue weighted by molar-refractivity contribution is 0.210. The standard InChI is InChI=1S/C16H15N5O/c1-3-12-5-8-21-14(10-12)13(11-19-21)16-18-6-4-15(20-16)17-7-9-22-2/h1,4-6,8,10-11H,7,9H2,2H3,(H,17,18,20). The molecule has 0 bridgehead atoms. The Bertz CT molecular complexity index is 834. The number of hydrogen-bond acceptors (Lipinski definition) is 5. The molecule has 0 amide bonds. The summed E-state index contributed by atoms with van der Waals surface area (Å²) in [7, 11) is 1.66. The molecule has 1 N–H and O–H groups in total. The molecular weight excluding hydrogens is 278 g/mol. The highest BCUT2D eigenvalue weighted by Crippen LogP contribution is 2.22. The van der Waals surface area contributed by atoms with Gasteiger partial charge in [0, 0.05) is 31.6 Å². The molecule has 0 saturated heterocycles. The minimum Gasteiger partial charge on any atom is -0.383 e. The van der Waals surface area contributed by atoms with E-state index in [-0.39, 0.29) is 0 Å². The molecule has 0 radical (unpaired) electrons. The first kappa shape index (κ1) is 14.0. The number of rotatable bonds is 5. The van der Waals surface area contributed by atoms with Gasteiger partial charge in [-0.1, -0.05) is 5.92 Å². The number of ether oxygens (including phenoxy) is 1. The molecule has 3 rings (SSSR count). The molecule has 0 aliphatic heterocycles. The molecule has 110 valence electrons. The SMILES string of the molecule is C#Cc1ccn2ncc(-c3nccc(NCCOC)n3)c2c1. The molecule has 6 heteroatoms. The van der Waals surface area contributed by atoms with Gasteiger partial charge in [0.25, 0.3) is 0 Å². The van der Waals surface area contributed by atoms with Crippen LogP contribution in [0.4, 0.5) is 5.82 Å². The third-order valence-corrected chi connectivity index (χ3v) is 3.20. The fourth-order valence-corrected chi connectivity index (χ4v) is 2.11. The Labute approximate surface area is 128 Å². The van der Waals surface area contributed by atoms with Gasteiger partial charge in [0.1, 0.15) is 5.82 Å². The Morgan fingerprint density at radius 2 is 2.32 bits per heavy atom. The molecule has 3 aromatic rings. The zero-order valence-electron chi connectivity index (χ0n) is 12.2. The van der Waals surface area contributed by atoms with Gasteiger partial charge in [-0.3, -0.25) is 0 Å². The lowest BCUT2D eigenvalue weighted by atomic mass is 10.2. The largest absolute Gasteiger partial charge is 0.383 e. The van der Waals surface area contributed by atoms with Crippen molar-refractivity contribution in [2.45, 2.75) is 0 Å². The van der Waals surface area contributed by atoms with Gasteiger partial charge in [0.15, 0.2) is 5.82 Å². The van der Waals surface area contributed by atoms with Crippen LogP contribution in [0.5, 0.6) is 0 Å². The van der Waals surface area contributed by atoms with E-state index in [1.54, 1.807) is 24.0 Å².